The van der Waals surface area contributed by atoms with Crippen LogP contribution in [0.15, 0.2) is 23.8 Å². The summed E-state index contributed by atoms with van der Waals surface area (Å²) in [6, 6.07) is 0. The maximum absolute atomic E-state index is 12.3. The highest BCUT2D eigenvalue weighted by Gasteiger charge is 2.77. The molecular weight excluding hydrogens is 252 g/mol. The Kier molecular flexibility index (Phi) is 2.76. The predicted octanol–water partition coefficient (Wildman–Crippen LogP) is 2.91. The van der Waals surface area contributed by atoms with Crippen molar-refractivity contribution in [3.63, 3.8) is 0 Å². The Morgan fingerprint density at radius 2 is 2.10 bits per heavy atom. The zero-order valence-electron chi connectivity index (χ0n) is 12.6. The number of ether oxygens (including phenoxy) is 1. The molecule has 0 aromatic rings. The van der Waals surface area contributed by atoms with Crippen LogP contribution in [0, 0.1) is 29.1 Å². The summed E-state index contributed by atoms with van der Waals surface area (Å²) in [6.07, 6.45) is 2.52. The van der Waals surface area contributed by atoms with E-state index in [1.807, 2.05) is 13.0 Å². The number of esters is 1. The van der Waals surface area contributed by atoms with Crippen molar-refractivity contribution < 1.29 is 14.3 Å². The van der Waals surface area contributed by atoms with Gasteiger partial charge in [0.2, 0.25) is 0 Å². The van der Waals surface area contributed by atoms with Gasteiger partial charge in [-0.15, -0.1) is 0 Å². The van der Waals surface area contributed by atoms with E-state index < -0.39 is 0 Å². The van der Waals surface area contributed by atoms with E-state index in [1.165, 1.54) is 6.92 Å². The molecule has 1 spiro atoms. The van der Waals surface area contributed by atoms with Gasteiger partial charge in [0, 0.05) is 24.2 Å². The lowest BCUT2D eigenvalue weighted by Gasteiger charge is -2.36. The Hall–Kier alpha value is -1.38. The number of rotatable bonds is 2. The van der Waals surface area contributed by atoms with Crippen LogP contribution in [0.4, 0.5) is 0 Å². The molecule has 0 aromatic heterocycles. The van der Waals surface area contributed by atoms with Crippen molar-refractivity contribution in [2.45, 2.75) is 40.2 Å². The summed E-state index contributed by atoms with van der Waals surface area (Å²) in [5.74, 6) is 0.860. The molecule has 2 fully saturated rings. The minimum absolute atomic E-state index is 0.0565. The Morgan fingerprint density at radius 1 is 1.45 bits per heavy atom. The number of hydrogen-bond acceptors (Lipinski definition) is 3. The molecule has 6 unspecified atom stereocenters. The lowest BCUT2D eigenvalue weighted by atomic mass is 9.69. The van der Waals surface area contributed by atoms with Crippen LogP contribution in [0.1, 0.15) is 34.1 Å². The molecule has 0 radical (unpaired) electrons. The molecule has 20 heavy (non-hydrogen) atoms. The fourth-order valence-electron chi connectivity index (χ4n) is 5.22. The fourth-order valence-corrected chi connectivity index (χ4v) is 5.22. The van der Waals surface area contributed by atoms with E-state index in [0.717, 1.165) is 17.6 Å². The summed E-state index contributed by atoms with van der Waals surface area (Å²) in [5.41, 5.74) is 2.16. The van der Waals surface area contributed by atoms with E-state index >= 15 is 0 Å². The molecule has 0 aromatic carbocycles. The van der Waals surface area contributed by atoms with Gasteiger partial charge in [0.25, 0.3) is 0 Å². The van der Waals surface area contributed by atoms with Crippen LogP contribution in [0.2, 0.25) is 0 Å². The summed E-state index contributed by atoms with van der Waals surface area (Å²) in [6.45, 7) is 11.8. The maximum atomic E-state index is 12.3. The average molecular weight is 274 g/mol. The standard InChI is InChI=1S/C17H22O3/c1-8(2)14-16-13(20-11(5)18)6-9(3)15-12(19)7-10(4)17(14,15)16/h7,9,13-16H,1,6H2,2-5H3. The summed E-state index contributed by atoms with van der Waals surface area (Å²) in [7, 11) is 0. The quantitative estimate of drug-likeness (QED) is 0.574. The van der Waals surface area contributed by atoms with Gasteiger partial charge in [-0.05, 0) is 38.2 Å². The first-order chi connectivity index (χ1) is 9.31. The minimum Gasteiger partial charge on any atom is -0.462 e. The smallest absolute Gasteiger partial charge is 0.302 e. The Bertz CT molecular complexity index is 544. The summed E-state index contributed by atoms with van der Waals surface area (Å²) < 4.78 is 5.56. The molecule has 0 saturated heterocycles. The molecule has 108 valence electrons. The minimum atomic E-state index is -0.228. The molecule has 0 amide bonds. The SMILES string of the molecule is C=C(C)C1C2C(OC(C)=O)CC(C)C3C(=O)C=C(C)C312. The van der Waals surface area contributed by atoms with Gasteiger partial charge in [-0.1, -0.05) is 24.6 Å². The Morgan fingerprint density at radius 3 is 2.65 bits per heavy atom. The number of carbonyl (C=O) groups excluding carboxylic acids is 2. The second kappa shape index (κ2) is 4.06. The molecule has 3 rings (SSSR count). The molecule has 0 bridgehead atoms. The van der Waals surface area contributed by atoms with Crippen LogP contribution < -0.4 is 0 Å². The first-order valence-electron chi connectivity index (χ1n) is 7.37. The van der Waals surface area contributed by atoms with Crippen LogP contribution in [-0.4, -0.2) is 17.9 Å². The molecule has 0 aliphatic heterocycles. The van der Waals surface area contributed by atoms with Crippen molar-refractivity contribution in [3.05, 3.63) is 23.8 Å². The number of allylic oxidation sites excluding steroid dienone is 3. The summed E-state index contributed by atoms with van der Waals surface area (Å²) in [4.78, 5) is 23.7. The molecule has 3 heteroatoms. The van der Waals surface area contributed by atoms with Gasteiger partial charge in [-0.2, -0.15) is 0 Å². The fraction of sp³-hybridized carbons (Fsp3) is 0.647. The van der Waals surface area contributed by atoms with Gasteiger partial charge in [-0.3, -0.25) is 9.59 Å². The second-order valence-electron chi connectivity index (χ2n) is 6.85. The molecule has 0 heterocycles. The molecule has 3 nitrogen and oxygen atoms in total. The Balaban J connectivity index is 2.04. The van der Waals surface area contributed by atoms with E-state index in [1.54, 1.807) is 0 Å². The summed E-state index contributed by atoms with van der Waals surface area (Å²) in [5, 5.41) is 0. The third kappa shape index (κ3) is 1.46. The highest BCUT2D eigenvalue weighted by atomic mass is 16.5. The lowest BCUT2D eigenvalue weighted by Crippen LogP contribution is -2.38. The lowest BCUT2D eigenvalue weighted by molar-refractivity contribution is -0.151. The van der Waals surface area contributed by atoms with Crippen molar-refractivity contribution in [2.75, 3.05) is 0 Å². The van der Waals surface area contributed by atoms with Crippen LogP contribution in [0.5, 0.6) is 0 Å². The molecular formula is C17H22O3. The average Bonchev–Trinajstić information content (AvgIpc) is 2.91. The van der Waals surface area contributed by atoms with E-state index in [2.05, 4.69) is 20.4 Å². The zero-order chi connectivity index (χ0) is 14.8. The van der Waals surface area contributed by atoms with Gasteiger partial charge >= 0.3 is 5.97 Å². The normalized spacial score (nSPS) is 45.3. The van der Waals surface area contributed by atoms with Crippen molar-refractivity contribution in [3.8, 4) is 0 Å². The second-order valence-corrected chi connectivity index (χ2v) is 6.85. The highest BCUT2D eigenvalue weighted by Crippen LogP contribution is 2.77. The topological polar surface area (TPSA) is 43.4 Å². The van der Waals surface area contributed by atoms with E-state index in [9.17, 15) is 9.59 Å². The third-order valence-electron chi connectivity index (χ3n) is 5.60. The largest absolute Gasteiger partial charge is 0.462 e. The van der Waals surface area contributed by atoms with Crippen LogP contribution in [0.3, 0.4) is 0 Å². The zero-order valence-corrected chi connectivity index (χ0v) is 12.6. The van der Waals surface area contributed by atoms with Crippen molar-refractivity contribution in [1.82, 2.24) is 0 Å². The summed E-state index contributed by atoms with van der Waals surface area (Å²) >= 11 is 0. The Labute approximate surface area is 120 Å². The van der Waals surface area contributed by atoms with Crippen LogP contribution >= 0.6 is 0 Å². The molecule has 3 aliphatic carbocycles. The molecule has 6 atom stereocenters. The number of hydrogen-bond donors (Lipinski definition) is 0. The van der Waals surface area contributed by atoms with Gasteiger partial charge in [-0.25, -0.2) is 0 Å². The molecule has 0 N–H and O–H groups in total. The number of ketones is 1. The van der Waals surface area contributed by atoms with Crippen molar-refractivity contribution in [2.24, 2.45) is 29.1 Å². The van der Waals surface area contributed by atoms with Crippen molar-refractivity contribution >= 4 is 11.8 Å². The van der Waals surface area contributed by atoms with Gasteiger partial charge in [0.15, 0.2) is 5.78 Å². The van der Waals surface area contributed by atoms with Crippen molar-refractivity contribution in [1.29, 1.82) is 0 Å². The predicted molar refractivity (Wildman–Crippen MR) is 75.8 cm³/mol. The first-order valence-corrected chi connectivity index (χ1v) is 7.37. The third-order valence-corrected chi connectivity index (χ3v) is 5.60. The van der Waals surface area contributed by atoms with E-state index in [4.69, 9.17) is 4.74 Å². The van der Waals surface area contributed by atoms with Gasteiger partial charge in [0.05, 0.1) is 0 Å². The first kappa shape index (κ1) is 13.6. The number of carbonyl (C=O) groups is 2. The highest BCUT2D eigenvalue weighted by molar-refractivity contribution is 5.98. The molecule has 3 aliphatic rings. The maximum Gasteiger partial charge on any atom is 0.302 e. The van der Waals surface area contributed by atoms with E-state index in [0.29, 0.717) is 0 Å². The van der Waals surface area contributed by atoms with Crippen LogP contribution in [0.25, 0.3) is 0 Å². The van der Waals surface area contributed by atoms with E-state index in [-0.39, 0.29) is 46.9 Å². The molecule has 2 saturated carbocycles. The monoisotopic (exact) mass is 274 g/mol. The van der Waals surface area contributed by atoms with Gasteiger partial charge < -0.3 is 4.74 Å². The van der Waals surface area contributed by atoms with Crippen LogP contribution in [-0.2, 0) is 14.3 Å². The van der Waals surface area contributed by atoms with Gasteiger partial charge in [0.1, 0.15) is 6.10 Å².